The number of rotatable bonds is 9. The number of hydrogen-bond acceptors (Lipinski definition) is 4. The first-order chi connectivity index (χ1) is 14.5. The Balaban J connectivity index is 1.96. The Labute approximate surface area is 176 Å². The quantitative estimate of drug-likeness (QED) is 0.216. The summed E-state index contributed by atoms with van der Waals surface area (Å²) in [5, 5.41) is 14.9. The minimum Gasteiger partial charge on any atom is -0.359 e. The molecule has 0 spiro atoms. The van der Waals surface area contributed by atoms with Crippen LogP contribution in [0.5, 0.6) is 0 Å². The van der Waals surface area contributed by atoms with Crippen LogP contribution in [0.1, 0.15) is 35.2 Å². The average Bonchev–Trinajstić information content (AvgIpc) is 2.78. The van der Waals surface area contributed by atoms with Gasteiger partial charge in [0.1, 0.15) is 0 Å². The number of carbonyl (C=O) groups is 1. The van der Waals surface area contributed by atoms with Crippen molar-refractivity contribution in [2.45, 2.75) is 25.3 Å². The molecule has 0 saturated heterocycles. The molecule has 0 aliphatic carbocycles. The van der Waals surface area contributed by atoms with E-state index in [-0.39, 0.29) is 16.6 Å². The number of nitrogens with zero attached hydrogens (tertiary/aromatic N) is 1. The van der Waals surface area contributed by atoms with Gasteiger partial charge in [0.2, 0.25) is 6.04 Å². The lowest BCUT2D eigenvalue weighted by atomic mass is 9.88. The molecule has 0 radical (unpaired) electrons. The van der Waals surface area contributed by atoms with E-state index in [0.29, 0.717) is 17.7 Å². The number of nitrogens with one attached hydrogen (secondary N) is 1. The predicted molar refractivity (Wildman–Crippen MR) is 119 cm³/mol. The molecule has 0 saturated carbocycles. The number of ketones is 1. The van der Waals surface area contributed by atoms with Crippen molar-refractivity contribution in [2.75, 3.05) is 5.32 Å². The fourth-order valence-electron chi connectivity index (χ4n) is 3.35. The highest BCUT2D eigenvalue weighted by Crippen LogP contribution is 2.29. The summed E-state index contributed by atoms with van der Waals surface area (Å²) in [5.74, 6) is -0.526. The fraction of sp³-hybridized carbons (Fsp3) is 0.160. The van der Waals surface area contributed by atoms with Gasteiger partial charge in [-0.25, -0.2) is 0 Å². The third-order valence-electron chi connectivity index (χ3n) is 5.02. The van der Waals surface area contributed by atoms with Crippen molar-refractivity contribution in [3.05, 3.63) is 124 Å². The summed E-state index contributed by atoms with van der Waals surface area (Å²) < 4.78 is 0. The molecule has 2 atom stereocenters. The van der Waals surface area contributed by atoms with E-state index in [9.17, 15) is 14.9 Å². The van der Waals surface area contributed by atoms with E-state index in [1.807, 2.05) is 78.9 Å². The lowest BCUT2D eigenvalue weighted by molar-refractivity contribution is -0.522. The van der Waals surface area contributed by atoms with Crippen molar-refractivity contribution in [3.8, 4) is 0 Å². The van der Waals surface area contributed by atoms with Gasteiger partial charge in [-0.1, -0.05) is 78.9 Å². The molecule has 3 aromatic rings. The zero-order valence-electron chi connectivity index (χ0n) is 16.8. The lowest BCUT2D eigenvalue weighted by Gasteiger charge is -2.21. The molecular formula is C25H24N2O3. The Hall–Kier alpha value is -3.73. The van der Waals surface area contributed by atoms with Crippen LogP contribution in [0.25, 0.3) is 0 Å². The Morgan fingerprint density at radius 1 is 0.933 bits per heavy atom. The van der Waals surface area contributed by atoms with E-state index in [0.717, 1.165) is 11.3 Å². The normalized spacial score (nSPS) is 13.3. The smallest absolute Gasteiger partial charge is 0.217 e. The van der Waals surface area contributed by atoms with Crippen LogP contribution in [0.15, 0.2) is 103 Å². The number of benzene rings is 3. The monoisotopic (exact) mass is 400 g/mol. The Morgan fingerprint density at radius 2 is 1.47 bits per heavy atom. The zero-order valence-corrected chi connectivity index (χ0v) is 16.8. The van der Waals surface area contributed by atoms with Crippen molar-refractivity contribution >= 4 is 11.5 Å². The van der Waals surface area contributed by atoms with Crippen LogP contribution < -0.4 is 5.32 Å². The molecule has 5 heteroatoms. The maximum atomic E-state index is 12.8. The van der Waals surface area contributed by atoms with Crippen LogP contribution in [-0.4, -0.2) is 16.7 Å². The molecule has 3 rings (SSSR count). The second-order valence-electron chi connectivity index (χ2n) is 7.14. The van der Waals surface area contributed by atoms with Gasteiger partial charge in [-0.2, -0.15) is 0 Å². The van der Waals surface area contributed by atoms with Crippen molar-refractivity contribution in [2.24, 2.45) is 0 Å². The first kappa shape index (κ1) is 21.0. The molecule has 0 bridgehead atoms. The molecule has 30 heavy (non-hydrogen) atoms. The van der Waals surface area contributed by atoms with E-state index in [1.54, 1.807) is 25.1 Å². The number of nitro groups is 1. The largest absolute Gasteiger partial charge is 0.359 e. The molecule has 0 amide bonds. The Kier molecular flexibility index (Phi) is 7.11. The number of para-hydroxylation sites is 1. The average molecular weight is 400 g/mol. The van der Waals surface area contributed by atoms with E-state index in [2.05, 4.69) is 5.32 Å². The Bertz CT molecular complexity index is 1000. The van der Waals surface area contributed by atoms with E-state index in [1.165, 1.54) is 0 Å². The van der Waals surface area contributed by atoms with Crippen molar-refractivity contribution in [1.82, 2.24) is 0 Å². The molecule has 5 nitrogen and oxygen atoms in total. The number of carbonyl (C=O) groups excluding carboxylic acids is 1. The Morgan fingerprint density at radius 3 is 2.03 bits per heavy atom. The molecule has 0 fully saturated rings. The van der Waals surface area contributed by atoms with Gasteiger partial charge >= 0.3 is 0 Å². The van der Waals surface area contributed by atoms with E-state index in [4.69, 9.17) is 0 Å². The third-order valence-corrected chi connectivity index (χ3v) is 5.02. The van der Waals surface area contributed by atoms with Gasteiger partial charge in [0.15, 0.2) is 5.78 Å². The second kappa shape index (κ2) is 10.2. The standard InChI is InChI=1S/C25H24N2O3/c1-19(27(29)30)24(20-11-5-2-6-12-20)17-23(26-22-15-9-4-10-16-22)18-25(28)21-13-7-3-8-14-21/h2-16,18-19,24,26H,17H2,1H3/b23-18-. The van der Waals surface area contributed by atoms with Gasteiger partial charge in [0.05, 0.1) is 5.92 Å². The van der Waals surface area contributed by atoms with Crippen LogP contribution in [0.2, 0.25) is 0 Å². The van der Waals surface area contributed by atoms with Gasteiger partial charge in [0, 0.05) is 41.3 Å². The number of allylic oxidation sites excluding steroid dienone is 2. The first-order valence-electron chi connectivity index (χ1n) is 9.85. The highest BCUT2D eigenvalue weighted by molar-refractivity contribution is 6.05. The molecule has 0 aliphatic rings. The van der Waals surface area contributed by atoms with Gasteiger partial charge in [-0.3, -0.25) is 14.9 Å². The van der Waals surface area contributed by atoms with Crippen LogP contribution in [0.3, 0.4) is 0 Å². The molecule has 0 heterocycles. The summed E-state index contributed by atoms with van der Waals surface area (Å²) in [5.41, 5.74) is 2.90. The summed E-state index contributed by atoms with van der Waals surface area (Å²) in [6, 6.07) is 27.1. The van der Waals surface area contributed by atoms with Crippen molar-refractivity contribution in [1.29, 1.82) is 0 Å². The number of hydrogen-bond donors (Lipinski definition) is 1. The topological polar surface area (TPSA) is 72.2 Å². The van der Waals surface area contributed by atoms with Gasteiger partial charge in [0.25, 0.3) is 0 Å². The summed E-state index contributed by atoms with van der Waals surface area (Å²) >= 11 is 0. The SMILES string of the molecule is CC(C(C/C(=C/C(=O)c1ccccc1)Nc1ccccc1)c1ccccc1)[N+](=O)[O-]. The molecule has 2 unspecified atom stereocenters. The minimum absolute atomic E-state index is 0.144. The third kappa shape index (κ3) is 5.64. The molecule has 0 aliphatic heterocycles. The highest BCUT2D eigenvalue weighted by Gasteiger charge is 2.29. The first-order valence-corrected chi connectivity index (χ1v) is 9.85. The summed E-state index contributed by atoms with van der Waals surface area (Å²) in [4.78, 5) is 24.1. The fourth-order valence-corrected chi connectivity index (χ4v) is 3.35. The molecule has 3 aromatic carbocycles. The van der Waals surface area contributed by atoms with Gasteiger partial charge in [-0.05, 0) is 17.7 Å². The highest BCUT2D eigenvalue weighted by atomic mass is 16.6. The molecule has 1 N–H and O–H groups in total. The molecule has 152 valence electrons. The van der Waals surface area contributed by atoms with Crippen molar-refractivity contribution in [3.63, 3.8) is 0 Å². The maximum absolute atomic E-state index is 12.8. The number of anilines is 1. The minimum atomic E-state index is -0.805. The van der Waals surface area contributed by atoms with Crippen LogP contribution in [0, 0.1) is 10.1 Å². The molecule has 0 aromatic heterocycles. The molecular weight excluding hydrogens is 376 g/mol. The van der Waals surface area contributed by atoms with Crippen LogP contribution in [0.4, 0.5) is 5.69 Å². The maximum Gasteiger partial charge on any atom is 0.217 e. The van der Waals surface area contributed by atoms with Crippen LogP contribution >= 0.6 is 0 Å². The summed E-state index contributed by atoms with van der Waals surface area (Å²) in [7, 11) is 0. The van der Waals surface area contributed by atoms with Crippen molar-refractivity contribution < 1.29 is 9.72 Å². The summed E-state index contributed by atoms with van der Waals surface area (Å²) in [6.45, 7) is 1.61. The second-order valence-corrected chi connectivity index (χ2v) is 7.14. The van der Waals surface area contributed by atoms with E-state index >= 15 is 0 Å². The predicted octanol–water partition coefficient (Wildman–Crippen LogP) is 5.70. The van der Waals surface area contributed by atoms with Gasteiger partial charge in [-0.15, -0.1) is 0 Å². The zero-order chi connectivity index (χ0) is 21.3. The van der Waals surface area contributed by atoms with Gasteiger partial charge < -0.3 is 5.32 Å². The van der Waals surface area contributed by atoms with Crippen LogP contribution in [-0.2, 0) is 0 Å². The summed E-state index contributed by atoms with van der Waals surface area (Å²) in [6.07, 6.45) is 1.88. The van der Waals surface area contributed by atoms with E-state index < -0.39 is 6.04 Å². The lowest BCUT2D eigenvalue weighted by Crippen LogP contribution is -2.25.